The van der Waals surface area contributed by atoms with Crippen LogP contribution in [0, 0.1) is 5.92 Å². The van der Waals surface area contributed by atoms with Crippen LogP contribution in [0.3, 0.4) is 0 Å². The van der Waals surface area contributed by atoms with Crippen molar-refractivity contribution in [1.82, 2.24) is 5.32 Å². The van der Waals surface area contributed by atoms with E-state index in [2.05, 4.69) is 41.7 Å². The summed E-state index contributed by atoms with van der Waals surface area (Å²) < 4.78 is 0. The molecule has 1 heterocycles. The number of nitrogens with one attached hydrogen (secondary N) is 1. The summed E-state index contributed by atoms with van der Waals surface area (Å²) in [6, 6.07) is 4.22. The molecular formula is C14H25N3S2. The molecule has 0 aliphatic carbocycles. The van der Waals surface area contributed by atoms with E-state index in [0.29, 0.717) is 5.96 Å². The Morgan fingerprint density at radius 2 is 2.37 bits per heavy atom. The van der Waals surface area contributed by atoms with E-state index < -0.39 is 0 Å². The van der Waals surface area contributed by atoms with E-state index in [4.69, 9.17) is 5.73 Å². The van der Waals surface area contributed by atoms with Gasteiger partial charge in [0.25, 0.3) is 0 Å². The lowest BCUT2D eigenvalue weighted by Gasteiger charge is -2.05. The van der Waals surface area contributed by atoms with E-state index in [1.807, 2.05) is 11.8 Å². The number of hydrogen-bond donors (Lipinski definition) is 2. The highest BCUT2D eigenvalue weighted by Gasteiger charge is 1.96. The molecule has 0 fully saturated rings. The zero-order valence-corrected chi connectivity index (χ0v) is 13.5. The molecule has 0 aromatic carbocycles. The first kappa shape index (κ1) is 16.4. The summed E-state index contributed by atoms with van der Waals surface area (Å²) in [5.74, 6) is 3.76. The van der Waals surface area contributed by atoms with E-state index >= 15 is 0 Å². The number of thioether (sulfide) groups is 1. The van der Waals surface area contributed by atoms with Crippen molar-refractivity contribution in [3.8, 4) is 0 Å². The molecule has 0 saturated heterocycles. The van der Waals surface area contributed by atoms with Gasteiger partial charge in [0.1, 0.15) is 0 Å². The largest absolute Gasteiger partial charge is 0.370 e. The van der Waals surface area contributed by atoms with Crippen molar-refractivity contribution < 1.29 is 0 Å². The number of thiophene rings is 1. The summed E-state index contributed by atoms with van der Waals surface area (Å²) in [5.41, 5.74) is 5.81. The standard InChI is InChI=1S/C14H25N3S2/c1-12(2)11-18-9-4-7-16-14(15)17-8-6-13-5-3-10-19-13/h3,5,10,12H,4,6-9,11H2,1-2H3,(H3,15,16,17). The molecule has 0 bridgehead atoms. The van der Waals surface area contributed by atoms with Crippen LogP contribution in [0.1, 0.15) is 25.1 Å². The minimum Gasteiger partial charge on any atom is -0.370 e. The van der Waals surface area contributed by atoms with Gasteiger partial charge >= 0.3 is 0 Å². The first-order chi connectivity index (χ1) is 9.18. The van der Waals surface area contributed by atoms with E-state index in [1.54, 1.807) is 11.3 Å². The molecule has 0 spiro atoms. The van der Waals surface area contributed by atoms with Gasteiger partial charge in [-0.2, -0.15) is 11.8 Å². The van der Waals surface area contributed by atoms with Crippen LogP contribution < -0.4 is 11.1 Å². The Hall–Kier alpha value is -0.680. The van der Waals surface area contributed by atoms with Crippen molar-refractivity contribution in [3.05, 3.63) is 22.4 Å². The van der Waals surface area contributed by atoms with Crippen LogP contribution in [0.25, 0.3) is 0 Å². The van der Waals surface area contributed by atoms with Crippen molar-refractivity contribution in [2.75, 3.05) is 24.6 Å². The maximum atomic E-state index is 5.81. The average Bonchev–Trinajstić information content (AvgIpc) is 2.86. The second-order valence-corrected chi connectivity index (χ2v) is 7.03. The fourth-order valence-electron chi connectivity index (χ4n) is 1.51. The van der Waals surface area contributed by atoms with Gasteiger partial charge in [-0.25, -0.2) is 0 Å². The summed E-state index contributed by atoms with van der Waals surface area (Å²) in [4.78, 5) is 5.71. The van der Waals surface area contributed by atoms with Crippen LogP contribution in [-0.4, -0.2) is 30.6 Å². The van der Waals surface area contributed by atoms with Crippen LogP contribution in [0.5, 0.6) is 0 Å². The minimum absolute atomic E-state index is 0.574. The van der Waals surface area contributed by atoms with Gasteiger partial charge in [-0.15, -0.1) is 11.3 Å². The van der Waals surface area contributed by atoms with E-state index in [9.17, 15) is 0 Å². The number of rotatable bonds is 9. The monoisotopic (exact) mass is 299 g/mol. The highest BCUT2D eigenvalue weighted by Crippen LogP contribution is 2.09. The van der Waals surface area contributed by atoms with Gasteiger partial charge in [0.05, 0.1) is 0 Å². The molecular weight excluding hydrogens is 274 g/mol. The lowest BCUT2D eigenvalue weighted by molar-refractivity contribution is 0.749. The van der Waals surface area contributed by atoms with E-state index in [0.717, 1.165) is 31.8 Å². The average molecular weight is 300 g/mol. The summed E-state index contributed by atoms with van der Waals surface area (Å²) in [6.07, 6.45) is 2.11. The topological polar surface area (TPSA) is 50.4 Å². The number of aliphatic imine (C=N–C) groups is 1. The predicted octanol–water partition coefficient (Wildman–Crippen LogP) is 2.97. The number of nitrogens with two attached hydrogens (primary N) is 1. The Balaban J connectivity index is 1.99. The van der Waals surface area contributed by atoms with Gasteiger partial charge in [-0.1, -0.05) is 19.9 Å². The van der Waals surface area contributed by atoms with Crippen LogP contribution in [0.15, 0.2) is 22.5 Å². The maximum absolute atomic E-state index is 5.81. The van der Waals surface area contributed by atoms with Crippen molar-refractivity contribution >= 4 is 29.1 Å². The Bertz CT molecular complexity index is 348. The Kier molecular flexibility index (Phi) is 8.75. The molecule has 108 valence electrons. The third kappa shape index (κ3) is 8.94. The second kappa shape index (κ2) is 10.1. The highest BCUT2D eigenvalue weighted by molar-refractivity contribution is 7.99. The van der Waals surface area contributed by atoms with Gasteiger partial charge in [0.15, 0.2) is 5.96 Å². The van der Waals surface area contributed by atoms with Crippen LogP contribution in [0.2, 0.25) is 0 Å². The van der Waals surface area contributed by atoms with E-state index in [-0.39, 0.29) is 0 Å². The maximum Gasteiger partial charge on any atom is 0.188 e. The lowest BCUT2D eigenvalue weighted by Crippen LogP contribution is -2.33. The zero-order chi connectivity index (χ0) is 13.9. The third-order valence-electron chi connectivity index (χ3n) is 2.44. The molecule has 1 rings (SSSR count). The van der Waals surface area contributed by atoms with Gasteiger partial charge in [0, 0.05) is 18.0 Å². The molecule has 1 aromatic heterocycles. The smallest absolute Gasteiger partial charge is 0.188 e. The summed E-state index contributed by atoms with van der Waals surface area (Å²) in [6.45, 7) is 6.18. The predicted molar refractivity (Wildman–Crippen MR) is 89.3 cm³/mol. The first-order valence-electron chi connectivity index (χ1n) is 6.82. The van der Waals surface area contributed by atoms with E-state index in [1.165, 1.54) is 16.4 Å². The molecule has 0 amide bonds. The Morgan fingerprint density at radius 3 is 3.05 bits per heavy atom. The SMILES string of the molecule is CC(C)CSCCCN=C(N)NCCc1cccs1. The molecule has 0 radical (unpaired) electrons. The lowest BCUT2D eigenvalue weighted by atomic mass is 10.3. The Morgan fingerprint density at radius 1 is 1.53 bits per heavy atom. The molecule has 19 heavy (non-hydrogen) atoms. The molecule has 0 atom stereocenters. The normalized spacial score (nSPS) is 12.1. The molecule has 3 N–H and O–H groups in total. The number of hydrogen-bond acceptors (Lipinski definition) is 3. The molecule has 0 aliphatic rings. The first-order valence-corrected chi connectivity index (χ1v) is 8.86. The summed E-state index contributed by atoms with van der Waals surface area (Å²) in [7, 11) is 0. The third-order valence-corrected chi connectivity index (χ3v) is 4.85. The summed E-state index contributed by atoms with van der Waals surface area (Å²) >= 11 is 3.78. The molecule has 1 aromatic rings. The van der Waals surface area contributed by atoms with Crippen LogP contribution >= 0.6 is 23.1 Å². The quantitative estimate of drug-likeness (QED) is 0.419. The van der Waals surface area contributed by atoms with Crippen molar-refractivity contribution in [2.24, 2.45) is 16.6 Å². The van der Waals surface area contributed by atoms with Gasteiger partial charge in [0.2, 0.25) is 0 Å². The summed E-state index contributed by atoms with van der Waals surface area (Å²) in [5, 5.41) is 5.26. The van der Waals surface area contributed by atoms with Gasteiger partial charge in [-0.3, -0.25) is 4.99 Å². The molecule has 0 saturated carbocycles. The van der Waals surface area contributed by atoms with Crippen LogP contribution in [-0.2, 0) is 6.42 Å². The second-order valence-electron chi connectivity index (χ2n) is 4.85. The molecule has 0 unspecified atom stereocenters. The van der Waals surface area contributed by atoms with Crippen molar-refractivity contribution in [1.29, 1.82) is 0 Å². The van der Waals surface area contributed by atoms with Crippen molar-refractivity contribution in [3.63, 3.8) is 0 Å². The van der Waals surface area contributed by atoms with Crippen LogP contribution in [0.4, 0.5) is 0 Å². The number of guanidine groups is 1. The molecule has 0 aliphatic heterocycles. The Labute approximate surface area is 125 Å². The van der Waals surface area contributed by atoms with Gasteiger partial charge in [-0.05, 0) is 41.7 Å². The fourth-order valence-corrected chi connectivity index (χ4v) is 3.19. The molecule has 3 nitrogen and oxygen atoms in total. The minimum atomic E-state index is 0.574. The van der Waals surface area contributed by atoms with Gasteiger partial charge < -0.3 is 11.1 Å². The molecule has 5 heteroatoms. The van der Waals surface area contributed by atoms with Crippen molar-refractivity contribution in [2.45, 2.75) is 26.7 Å². The highest BCUT2D eigenvalue weighted by atomic mass is 32.2. The number of nitrogens with zero attached hydrogens (tertiary/aromatic N) is 1. The zero-order valence-electron chi connectivity index (χ0n) is 11.9. The fraction of sp³-hybridized carbons (Fsp3) is 0.643.